The van der Waals surface area contributed by atoms with Crippen LogP contribution in [-0.4, -0.2) is 27.6 Å². The fourth-order valence-electron chi connectivity index (χ4n) is 1.41. The van der Waals surface area contributed by atoms with E-state index in [0.717, 1.165) is 20.7 Å². The predicted molar refractivity (Wildman–Crippen MR) is 81.3 cm³/mol. The SMILES string of the molecule is O=C(O)Cc1csc(SCCSc2ccc(F)cc2)n1. The molecule has 1 heterocycles. The third-order valence-corrected chi connectivity index (χ3v) is 5.60. The van der Waals surface area contributed by atoms with E-state index in [1.165, 1.54) is 23.5 Å². The van der Waals surface area contributed by atoms with Crippen molar-refractivity contribution in [1.82, 2.24) is 4.98 Å². The van der Waals surface area contributed by atoms with Gasteiger partial charge in [0.25, 0.3) is 0 Å². The van der Waals surface area contributed by atoms with Crippen LogP contribution in [0.2, 0.25) is 0 Å². The van der Waals surface area contributed by atoms with Gasteiger partial charge in [-0.05, 0) is 24.3 Å². The Morgan fingerprint density at radius 3 is 2.65 bits per heavy atom. The summed E-state index contributed by atoms with van der Waals surface area (Å²) in [6.07, 6.45) is -0.0264. The van der Waals surface area contributed by atoms with Gasteiger partial charge in [-0.25, -0.2) is 9.37 Å². The van der Waals surface area contributed by atoms with Crippen molar-refractivity contribution in [3.63, 3.8) is 0 Å². The monoisotopic (exact) mass is 329 g/mol. The molecule has 0 unspecified atom stereocenters. The van der Waals surface area contributed by atoms with E-state index in [2.05, 4.69) is 4.98 Å². The molecule has 20 heavy (non-hydrogen) atoms. The van der Waals surface area contributed by atoms with E-state index in [0.29, 0.717) is 5.69 Å². The Morgan fingerprint density at radius 2 is 1.95 bits per heavy atom. The number of carbonyl (C=O) groups is 1. The van der Waals surface area contributed by atoms with Crippen LogP contribution in [0.15, 0.2) is 38.9 Å². The van der Waals surface area contributed by atoms with E-state index in [1.807, 2.05) is 0 Å². The van der Waals surface area contributed by atoms with Gasteiger partial charge in [0.2, 0.25) is 0 Å². The molecule has 1 aromatic carbocycles. The summed E-state index contributed by atoms with van der Waals surface area (Å²) in [5.41, 5.74) is 0.608. The molecule has 3 nitrogen and oxygen atoms in total. The minimum Gasteiger partial charge on any atom is -0.481 e. The summed E-state index contributed by atoms with van der Waals surface area (Å²) in [5, 5.41) is 10.4. The number of nitrogens with zero attached hydrogens (tertiary/aromatic N) is 1. The van der Waals surface area contributed by atoms with Crippen molar-refractivity contribution in [3.05, 3.63) is 41.2 Å². The molecule has 0 amide bonds. The zero-order valence-corrected chi connectivity index (χ0v) is 12.9. The van der Waals surface area contributed by atoms with Crippen molar-refractivity contribution in [2.24, 2.45) is 0 Å². The molecule has 2 rings (SSSR count). The second-order valence-corrected chi connectivity index (χ2v) is 7.19. The zero-order chi connectivity index (χ0) is 14.4. The van der Waals surface area contributed by atoms with Gasteiger partial charge in [-0.2, -0.15) is 0 Å². The van der Waals surface area contributed by atoms with Gasteiger partial charge in [0, 0.05) is 21.8 Å². The van der Waals surface area contributed by atoms with Gasteiger partial charge in [-0.15, -0.1) is 23.1 Å². The third kappa shape index (κ3) is 5.15. The van der Waals surface area contributed by atoms with Gasteiger partial charge in [0.05, 0.1) is 12.1 Å². The Labute approximate surface area is 128 Å². The van der Waals surface area contributed by atoms with Crippen molar-refractivity contribution in [3.8, 4) is 0 Å². The second-order valence-electron chi connectivity index (χ2n) is 3.83. The average Bonchev–Trinajstić information content (AvgIpc) is 2.83. The quantitative estimate of drug-likeness (QED) is 0.618. The van der Waals surface area contributed by atoms with Crippen LogP contribution in [0, 0.1) is 5.82 Å². The summed E-state index contributed by atoms with van der Waals surface area (Å²) in [6, 6.07) is 6.43. The number of carboxylic acids is 1. The first-order chi connectivity index (χ1) is 9.63. The molecule has 1 N–H and O–H groups in total. The van der Waals surface area contributed by atoms with Crippen molar-refractivity contribution >= 4 is 40.8 Å². The van der Waals surface area contributed by atoms with Gasteiger partial charge in [0.15, 0.2) is 0 Å². The number of hydrogen-bond acceptors (Lipinski definition) is 5. The van der Waals surface area contributed by atoms with Crippen molar-refractivity contribution in [1.29, 1.82) is 0 Å². The Kier molecular flexibility index (Phi) is 5.87. The second kappa shape index (κ2) is 7.66. The van der Waals surface area contributed by atoms with E-state index in [4.69, 9.17) is 5.11 Å². The van der Waals surface area contributed by atoms with Crippen LogP contribution < -0.4 is 0 Å². The maximum absolute atomic E-state index is 12.7. The molecule has 0 fully saturated rings. The lowest BCUT2D eigenvalue weighted by Crippen LogP contribution is -1.99. The molecule has 0 bridgehead atoms. The Balaban J connectivity index is 1.71. The van der Waals surface area contributed by atoms with Crippen LogP contribution in [0.25, 0.3) is 0 Å². The maximum Gasteiger partial charge on any atom is 0.309 e. The number of aliphatic carboxylic acids is 1. The minimum absolute atomic E-state index is 0.0264. The van der Waals surface area contributed by atoms with Gasteiger partial charge >= 0.3 is 5.97 Å². The lowest BCUT2D eigenvalue weighted by atomic mass is 10.3. The smallest absolute Gasteiger partial charge is 0.309 e. The highest BCUT2D eigenvalue weighted by Crippen LogP contribution is 2.25. The Morgan fingerprint density at radius 1 is 1.25 bits per heavy atom. The lowest BCUT2D eigenvalue weighted by molar-refractivity contribution is -0.136. The molecule has 7 heteroatoms. The van der Waals surface area contributed by atoms with E-state index >= 15 is 0 Å². The van der Waals surface area contributed by atoms with Crippen LogP contribution in [0.1, 0.15) is 5.69 Å². The van der Waals surface area contributed by atoms with Crippen LogP contribution >= 0.6 is 34.9 Å². The van der Waals surface area contributed by atoms with Crippen molar-refractivity contribution < 1.29 is 14.3 Å². The molecule has 0 aliphatic heterocycles. The Bertz CT molecular complexity index is 571. The standard InChI is InChI=1S/C13H12FNO2S3/c14-9-1-3-11(4-2-9)18-5-6-19-13-15-10(8-20-13)7-12(16)17/h1-4,8H,5-7H2,(H,16,17). The highest BCUT2D eigenvalue weighted by molar-refractivity contribution is 8.03. The first-order valence-electron chi connectivity index (χ1n) is 5.81. The number of halogens is 1. The van der Waals surface area contributed by atoms with Crippen LogP contribution in [0.4, 0.5) is 4.39 Å². The minimum atomic E-state index is -0.862. The molecule has 0 atom stereocenters. The van der Waals surface area contributed by atoms with Crippen LogP contribution in [0.5, 0.6) is 0 Å². The molecule has 2 aromatic rings. The summed E-state index contributed by atoms with van der Waals surface area (Å²) in [6.45, 7) is 0. The maximum atomic E-state index is 12.7. The van der Waals surface area contributed by atoms with Crippen LogP contribution in [-0.2, 0) is 11.2 Å². The van der Waals surface area contributed by atoms with Gasteiger partial charge in [-0.1, -0.05) is 11.8 Å². The summed E-state index contributed by atoms with van der Waals surface area (Å²) in [4.78, 5) is 15.8. The highest BCUT2D eigenvalue weighted by atomic mass is 32.2. The zero-order valence-electron chi connectivity index (χ0n) is 10.4. The van der Waals surface area contributed by atoms with E-state index in [9.17, 15) is 9.18 Å². The molecule has 1 aromatic heterocycles. The lowest BCUT2D eigenvalue weighted by Gasteiger charge is -2.00. The normalized spacial score (nSPS) is 10.7. The van der Waals surface area contributed by atoms with E-state index < -0.39 is 5.97 Å². The molecule has 0 saturated carbocycles. The summed E-state index contributed by atoms with van der Waals surface area (Å²) < 4.78 is 13.6. The molecule has 0 spiro atoms. The van der Waals surface area contributed by atoms with Gasteiger partial charge < -0.3 is 5.11 Å². The van der Waals surface area contributed by atoms with Crippen molar-refractivity contribution in [2.45, 2.75) is 15.7 Å². The largest absolute Gasteiger partial charge is 0.481 e. The van der Waals surface area contributed by atoms with E-state index in [-0.39, 0.29) is 12.2 Å². The fourth-order valence-corrected chi connectivity index (χ4v) is 4.21. The third-order valence-electron chi connectivity index (χ3n) is 2.25. The number of aromatic nitrogens is 1. The molecule has 0 saturated heterocycles. The summed E-state index contributed by atoms with van der Waals surface area (Å²) in [7, 11) is 0. The van der Waals surface area contributed by atoms with Crippen molar-refractivity contribution in [2.75, 3.05) is 11.5 Å². The van der Waals surface area contributed by atoms with Gasteiger partial charge in [0.1, 0.15) is 10.2 Å². The first kappa shape index (κ1) is 15.3. The predicted octanol–water partition coefficient (Wildman–Crippen LogP) is 3.79. The molecule has 106 valence electrons. The number of rotatable bonds is 7. The molecule has 0 aliphatic rings. The average molecular weight is 329 g/mol. The first-order valence-corrected chi connectivity index (χ1v) is 8.66. The number of thioether (sulfide) groups is 2. The summed E-state index contributed by atoms with van der Waals surface area (Å²) >= 11 is 4.74. The number of benzene rings is 1. The number of carboxylic acid groups (broad SMARTS) is 1. The highest BCUT2D eigenvalue weighted by Gasteiger charge is 2.06. The topological polar surface area (TPSA) is 50.2 Å². The molecular formula is C13H12FNO2S3. The number of hydrogen-bond donors (Lipinski definition) is 1. The Hall–Kier alpha value is -1.05. The molecule has 0 radical (unpaired) electrons. The summed E-state index contributed by atoms with van der Waals surface area (Å²) in [5.74, 6) is 0.683. The fraction of sp³-hybridized carbons (Fsp3) is 0.231. The molecular weight excluding hydrogens is 317 g/mol. The number of thiazole rings is 1. The van der Waals surface area contributed by atoms with E-state index in [1.54, 1.807) is 41.0 Å². The molecule has 0 aliphatic carbocycles. The van der Waals surface area contributed by atoms with Gasteiger partial charge in [-0.3, -0.25) is 4.79 Å². The van der Waals surface area contributed by atoms with Crippen LogP contribution in [0.3, 0.4) is 0 Å².